The van der Waals surface area contributed by atoms with Crippen LogP contribution in [0.3, 0.4) is 0 Å². The van der Waals surface area contributed by atoms with E-state index < -0.39 is 0 Å². The van der Waals surface area contributed by atoms with Crippen LogP contribution in [0.4, 0.5) is 0 Å². The van der Waals surface area contributed by atoms with Crippen LogP contribution in [0.5, 0.6) is 0 Å². The molecule has 0 amide bonds. The van der Waals surface area contributed by atoms with Crippen molar-refractivity contribution in [2.45, 2.75) is 33.2 Å². The molecule has 0 saturated carbocycles. The predicted molar refractivity (Wildman–Crippen MR) is 71.1 cm³/mol. The maximum absolute atomic E-state index is 9.45. The predicted octanol–water partition coefficient (Wildman–Crippen LogP) is 2.62. The van der Waals surface area contributed by atoms with Gasteiger partial charge in [-0.3, -0.25) is 4.98 Å². The standard InChI is InChI=1S/C13H21ClN2O/c1-3-13(4-2,10-17)9-16-7-11-5-6-15-8-12(11)14/h5-6,8,16-17H,3-4,7,9-10H2,1-2H3. The first-order valence-electron chi connectivity index (χ1n) is 6.07. The van der Waals surface area contributed by atoms with Gasteiger partial charge in [-0.15, -0.1) is 0 Å². The zero-order valence-corrected chi connectivity index (χ0v) is 11.3. The van der Waals surface area contributed by atoms with Gasteiger partial charge in [0.25, 0.3) is 0 Å². The summed E-state index contributed by atoms with van der Waals surface area (Å²) in [6.45, 7) is 5.96. The summed E-state index contributed by atoms with van der Waals surface area (Å²) >= 11 is 6.02. The topological polar surface area (TPSA) is 45.1 Å². The molecule has 0 unspecified atom stereocenters. The number of nitrogens with zero attached hydrogens (tertiary/aromatic N) is 1. The molecule has 0 bridgehead atoms. The van der Waals surface area contributed by atoms with Crippen molar-refractivity contribution in [3.05, 3.63) is 29.0 Å². The van der Waals surface area contributed by atoms with Crippen LogP contribution in [-0.2, 0) is 6.54 Å². The Balaban J connectivity index is 2.49. The average Bonchev–Trinajstić information content (AvgIpc) is 2.37. The molecule has 4 heteroatoms. The minimum Gasteiger partial charge on any atom is -0.396 e. The molecule has 0 spiro atoms. The Labute approximate surface area is 108 Å². The van der Waals surface area contributed by atoms with Crippen molar-refractivity contribution in [1.29, 1.82) is 0 Å². The van der Waals surface area contributed by atoms with Gasteiger partial charge in [0.1, 0.15) is 0 Å². The van der Waals surface area contributed by atoms with E-state index in [-0.39, 0.29) is 12.0 Å². The van der Waals surface area contributed by atoms with Crippen molar-refractivity contribution in [3.8, 4) is 0 Å². The molecule has 0 aliphatic carbocycles. The zero-order valence-electron chi connectivity index (χ0n) is 10.5. The summed E-state index contributed by atoms with van der Waals surface area (Å²) < 4.78 is 0. The molecule has 1 aromatic rings. The number of halogens is 1. The molecular formula is C13H21ClN2O. The molecule has 0 saturated heterocycles. The van der Waals surface area contributed by atoms with E-state index >= 15 is 0 Å². The highest BCUT2D eigenvalue weighted by Gasteiger charge is 2.24. The van der Waals surface area contributed by atoms with E-state index in [4.69, 9.17) is 11.6 Å². The summed E-state index contributed by atoms with van der Waals surface area (Å²) in [7, 11) is 0. The Morgan fingerprint density at radius 1 is 1.41 bits per heavy atom. The Kier molecular flexibility index (Phi) is 5.89. The maximum atomic E-state index is 9.45. The zero-order chi connectivity index (χ0) is 12.7. The second-order valence-electron chi connectivity index (χ2n) is 4.44. The van der Waals surface area contributed by atoms with E-state index in [1.807, 2.05) is 6.07 Å². The lowest BCUT2D eigenvalue weighted by atomic mass is 9.83. The molecule has 0 aliphatic rings. The summed E-state index contributed by atoms with van der Waals surface area (Å²) in [5.41, 5.74) is 1.03. The lowest BCUT2D eigenvalue weighted by Crippen LogP contribution is -2.36. The van der Waals surface area contributed by atoms with Crippen molar-refractivity contribution < 1.29 is 5.11 Å². The minimum atomic E-state index is -0.0144. The maximum Gasteiger partial charge on any atom is 0.0634 e. The van der Waals surface area contributed by atoms with Crippen LogP contribution in [0.2, 0.25) is 5.02 Å². The molecule has 2 N–H and O–H groups in total. The van der Waals surface area contributed by atoms with Gasteiger partial charge in [0.15, 0.2) is 0 Å². The highest BCUT2D eigenvalue weighted by atomic mass is 35.5. The molecule has 3 nitrogen and oxygen atoms in total. The molecule has 1 rings (SSSR count). The summed E-state index contributed by atoms with van der Waals surface area (Å²) in [5, 5.41) is 13.5. The van der Waals surface area contributed by atoms with Gasteiger partial charge in [-0.05, 0) is 24.5 Å². The van der Waals surface area contributed by atoms with Crippen LogP contribution in [0.25, 0.3) is 0 Å². The van der Waals surface area contributed by atoms with Gasteiger partial charge in [0.05, 0.1) is 5.02 Å². The molecule has 1 aromatic heterocycles. The van der Waals surface area contributed by atoms with Gasteiger partial charge in [0.2, 0.25) is 0 Å². The number of hydrogen-bond donors (Lipinski definition) is 2. The largest absolute Gasteiger partial charge is 0.396 e. The van der Waals surface area contributed by atoms with Crippen LogP contribution in [-0.4, -0.2) is 23.2 Å². The van der Waals surface area contributed by atoms with E-state index in [0.29, 0.717) is 11.6 Å². The summed E-state index contributed by atoms with van der Waals surface area (Å²) in [4.78, 5) is 3.95. The van der Waals surface area contributed by atoms with E-state index in [0.717, 1.165) is 24.9 Å². The number of aromatic nitrogens is 1. The van der Waals surface area contributed by atoms with Crippen molar-refractivity contribution in [1.82, 2.24) is 10.3 Å². The SMILES string of the molecule is CCC(CC)(CO)CNCc1ccncc1Cl. The molecule has 0 atom stereocenters. The van der Waals surface area contributed by atoms with Gasteiger partial charge >= 0.3 is 0 Å². The number of aliphatic hydroxyl groups excluding tert-OH is 1. The number of rotatable bonds is 7. The highest BCUT2D eigenvalue weighted by Crippen LogP contribution is 2.24. The Hall–Kier alpha value is -0.640. The number of aliphatic hydroxyl groups is 1. The molecule has 1 heterocycles. The fourth-order valence-corrected chi connectivity index (χ4v) is 1.98. The van der Waals surface area contributed by atoms with Gasteiger partial charge in [-0.25, -0.2) is 0 Å². The first-order valence-corrected chi connectivity index (χ1v) is 6.45. The first-order chi connectivity index (χ1) is 8.17. The number of pyridine rings is 1. The van der Waals surface area contributed by atoms with Crippen molar-refractivity contribution in [2.24, 2.45) is 5.41 Å². The second-order valence-corrected chi connectivity index (χ2v) is 4.84. The number of nitrogens with one attached hydrogen (secondary N) is 1. The summed E-state index contributed by atoms with van der Waals surface area (Å²) in [5.74, 6) is 0. The molecular weight excluding hydrogens is 236 g/mol. The summed E-state index contributed by atoms with van der Waals surface area (Å²) in [6.07, 6.45) is 5.33. The average molecular weight is 257 g/mol. The lowest BCUT2D eigenvalue weighted by molar-refractivity contribution is 0.113. The van der Waals surface area contributed by atoms with Crippen molar-refractivity contribution in [2.75, 3.05) is 13.2 Å². The fourth-order valence-electron chi connectivity index (χ4n) is 1.79. The third-order valence-electron chi connectivity index (χ3n) is 3.51. The van der Waals surface area contributed by atoms with Crippen molar-refractivity contribution in [3.63, 3.8) is 0 Å². The van der Waals surface area contributed by atoms with Gasteiger partial charge in [0, 0.05) is 37.5 Å². The fraction of sp³-hybridized carbons (Fsp3) is 0.615. The van der Waals surface area contributed by atoms with Crippen LogP contribution < -0.4 is 5.32 Å². The van der Waals surface area contributed by atoms with Crippen LogP contribution >= 0.6 is 11.6 Å². The monoisotopic (exact) mass is 256 g/mol. The summed E-state index contributed by atoms with van der Waals surface area (Å²) in [6, 6.07) is 1.91. The third kappa shape index (κ3) is 3.95. The number of hydrogen-bond acceptors (Lipinski definition) is 3. The molecule has 0 aromatic carbocycles. The van der Waals surface area contributed by atoms with E-state index in [9.17, 15) is 5.11 Å². The normalized spacial score (nSPS) is 11.8. The Bertz CT molecular complexity index is 332. The first kappa shape index (κ1) is 14.4. The highest BCUT2D eigenvalue weighted by molar-refractivity contribution is 6.31. The van der Waals surface area contributed by atoms with Crippen LogP contribution in [0.15, 0.2) is 18.5 Å². The quantitative estimate of drug-likeness (QED) is 0.788. The van der Waals surface area contributed by atoms with Gasteiger partial charge < -0.3 is 10.4 Å². The molecule has 0 fully saturated rings. The van der Waals surface area contributed by atoms with Crippen LogP contribution in [0, 0.1) is 5.41 Å². The molecule has 17 heavy (non-hydrogen) atoms. The molecule has 96 valence electrons. The second kappa shape index (κ2) is 6.94. The molecule has 0 radical (unpaired) electrons. The Morgan fingerprint density at radius 2 is 2.12 bits per heavy atom. The molecule has 0 aliphatic heterocycles. The smallest absolute Gasteiger partial charge is 0.0634 e. The van der Waals surface area contributed by atoms with Crippen LogP contribution in [0.1, 0.15) is 32.3 Å². The van der Waals surface area contributed by atoms with Gasteiger partial charge in [-0.1, -0.05) is 25.4 Å². The third-order valence-corrected chi connectivity index (χ3v) is 3.85. The van der Waals surface area contributed by atoms with Gasteiger partial charge in [-0.2, -0.15) is 0 Å². The van der Waals surface area contributed by atoms with E-state index in [1.54, 1.807) is 12.4 Å². The van der Waals surface area contributed by atoms with Crippen molar-refractivity contribution >= 4 is 11.6 Å². The van der Waals surface area contributed by atoms with E-state index in [1.165, 1.54) is 0 Å². The Morgan fingerprint density at radius 3 is 2.65 bits per heavy atom. The lowest BCUT2D eigenvalue weighted by Gasteiger charge is -2.29. The van der Waals surface area contributed by atoms with E-state index in [2.05, 4.69) is 24.1 Å². The minimum absolute atomic E-state index is 0.0144.